The first-order valence-corrected chi connectivity index (χ1v) is 4.79. The van der Waals surface area contributed by atoms with Gasteiger partial charge in [0.2, 0.25) is 0 Å². The van der Waals surface area contributed by atoms with Crippen molar-refractivity contribution in [2.24, 2.45) is 0 Å². The van der Waals surface area contributed by atoms with Gasteiger partial charge < -0.3 is 0 Å². The van der Waals surface area contributed by atoms with Crippen LogP contribution >= 0.6 is 11.6 Å². The van der Waals surface area contributed by atoms with Crippen LogP contribution in [0.4, 0.5) is 4.39 Å². The van der Waals surface area contributed by atoms with Crippen molar-refractivity contribution in [3.05, 3.63) is 47.1 Å². The van der Waals surface area contributed by atoms with Crippen LogP contribution in [0.3, 0.4) is 0 Å². The van der Waals surface area contributed by atoms with Gasteiger partial charge in [-0.15, -0.1) is 0 Å². The highest BCUT2D eigenvalue weighted by molar-refractivity contribution is 6.30. The zero-order valence-electron chi connectivity index (χ0n) is 8.04. The van der Waals surface area contributed by atoms with Gasteiger partial charge in [-0.2, -0.15) is 0 Å². The standard InChI is InChI=1S/C11H8ClFN2/c1-7-10(14-6-15-11(7)12)8-3-2-4-9(13)5-8/h2-6H,1H3. The molecule has 0 aliphatic rings. The zero-order valence-corrected chi connectivity index (χ0v) is 8.79. The summed E-state index contributed by atoms with van der Waals surface area (Å²) in [6.45, 7) is 1.81. The van der Waals surface area contributed by atoms with Crippen molar-refractivity contribution >= 4 is 11.6 Å². The molecular formula is C11H8ClFN2. The average molecular weight is 223 g/mol. The van der Waals surface area contributed by atoms with Gasteiger partial charge in [0, 0.05) is 11.1 Å². The van der Waals surface area contributed by atoms with Gasteiger partial charge in [0.25, 0.3) is 0 Å². The molecule has 0 unspecified atom stereocenters. The van der Waals surface area contributed by atoms with E-state index < -0.39 is 0 Å². The molecule has 0 saturated heterocycles. The zero-order chi connectivity index (χ0) is 10.8. The van der Waals surface area contributed by atoms with Crippen LogP contribution in [0, 0.1) is 12.7 Å². The van der Waals surface area contributed by atoms with Crippen molar-refractivity contribution in [1.82, 2.24) is 9.97 Å². The number of aromatic nitrogens is 2. The van der Waals surface area contributed by atoms with Gasteiger partial charge in [0.1, 0.15) is 17.3 Å². The van der Waals surface area contributed by atoms with Crippen LogP contribution in [0.15, 0.2) is 30.6 Å². The molecule has 1 aromatic carbocycles. The number of rotatable bonds is 1. The van der Waals surface area contributed by atoms with Gasteiger partial charge in [0.05, 0.1) is 5.69 Å². The second-order valence-electron chi connectivity index (χ2n) is 3.15. The lowest BCUT2D eigenvalue weighted by molar-refractivity contribution is 0.628. The van der Waals surface area contributed by atoms with E-state index in [1.165, 1.54) is 18.5 Å². The maximum Gasteiger partial charge on any atom is 0.135 e. The summed E-state index contributed by atoms with van der Waals surface area (Å²) in [7, 11) is 0. The molecule has 0 aliphatic carbocycles. The van der Waals surface area contributed by atoms with Gasteiger partial charge >= 0.3 is 0 Å². The molecular weight excluding hydrogens is 215 g/mol. The lowest BCUT2D eigenvalue weighted by atomic mass is 10.1. The summed E-state index contributed by atoms with van der Waals surface area (Å²) < 4.78 is 13.0. The third kappa shape index (κ3) is 1.97. The Hall–Kier alpha value is -1.48. The molecule has 0 atom stereocenters. The van der Waals surface area contributed by atoms with Gasteiger partial charge in [-0.05, 0) is 19.1 Å². The topological polar surface area (TPSA) is 25.8 Å². The number of benzene rings is 1. The number of hydrogen-bond donors (Lipinski definition) is 0. The Morgan fingerprint density at radius 2 is 2.07 bits per heavy atom. The van der Waals surface area contributed by atoms with Crippen LogP contribution < -0.4 is 0 Å². The van der Waals surface area contributed by atoms with E-state index in [-0.39, 0.29) is 5.82 Å². The predicted octanol–water partition coefficient (Wildman–Crippen LogP) is 3.24. The van der Waals surface area contributed by atoms with E-state index in [0.717, 1.165) is 5.56 Å². The van der Waals surface area contributed by atoms with Crippen molar-refractivity contribution < 1.29 is 4.39 Å². The van der Waals surface area contributed by atoms with E-state index in [1.54, 1.807) is 12.1 Å². The van der Waals surface area contributed by atoms with Crippen molar-refractivity contribution in [2.75, 3.05) is 0 Å². The molecule has 0 N–H and O–H groups in total. The summed E-state index contributed by atoms with van der Waals surface area (Å²) in [5, 5.41) is 0.393. The van der Waals surface area contributed by atoms with Crippen LogP contribution in [0.1, 0.15) is 5.56 Å². The summed E-state index contributed by atoms with van der Waals surface area (Å²) in [4.78, 5) is 7.94. The molecule has 0 amide bonds. The van der Waals surface area contributed by atoms with Crippen LogP contribution in [0.2, 0.25) is 5.15 Å². The summed E-state index contributed by atoms with van der Waals surface area (Å²) in [6.07, 6.45) is 1.37. The fourth-order valence-corrected chi connectivity index (χ4v) is 1.49. The Bertz CT molecular complexity index is 500. The lowest BCUT2D eigenvalue weighted by Crippen LogP contribution is -1.92. The minimum Gasteiger partial charge on any atom is -0.236 e. The third-order valence-electron chi connectivity index (χ3n) is 2.12. The Morgan fingerprint density at radius 3 is 2.80 bits per heavy atom. The third-order valence-corrected chi connectivity index (χ3v) is 2.50. The van der Waals surface area contributed by atoms with E-state index in [0.29, 0.717) is 16.4 Å². The normalized spacial score (nSPS) is 10.3. The summed E-state index contributed by atoms with van der Waals surface area (Å²) in [6, 6.07) is 6.24. The highest BCUT2D eigenvalue weighted by atomic mass is 35.5. The molecule has 0 fully saturated rings. The number of nitrogens with zero attached hydrogens (tertiary/aromatic N) is 2. The molecule has 15 heavy (non-hydrogen) atoms. The number of hydrogen-bond acceptors (Lipinski definition) is 2. The maximum atomic E-state index is 13.0. The van der Waals surface area contributed by atoms with Crippen molar-refractivity contribution in [1.29, 1.82) is 0 Å². The quantitative estimate of drug-likeness (QED) is 0.693. The van der Waals surface area contributed by atoms with E-state index in [4.69, 9.17) is 11.6 Å². The van der Waals surface area contributed by atoms with Crippen molar-refractivity contribution in [3.63, 3.8) is 0 Å². The monoisotopic (exact) mass is 222 g/mol. The van der Waals surface area contributed by atoms with Gasteiger partial charge in [-0.25, -0.2) is 14.4 Å². The molecule has 1 heterocycles. The largest absolute Gasteiger partial charge is 0.236 e. The van der Waals surface area contributed by atoms with Crippen molar-refractivity contribution in [2.45, 2.75) is 6.92 Å². The van der Waals surface area contributed by atoms with E-state index in [9.17, 15) is 4.39 Å². The van der Waals surface area contributed by atoms with Crippen molar-refractivity contribution in [3.8, 4) is 11.3 Å². The molecule has 2 rings (SSSR count). The summed E-state index contributed by atoms with van der Waals surface area (Å²) >= 11 is 5.86. The Labute approximate surface area is 91.8 Å². The Kier molecular flexibility index (Phi) is 2.64. The summed E-state index contributed by atoms with van der Waals surface area (Å²) in [5.41, 5.74) is 2.12. The molecule has 4 heteroatoms. The van der Waals surface area contributed by atoms with E-state index in [1.807, 2.05) is 6.92 Å². The molecule has 2 aromatic rings. The molecule has 76 valence electrons. The fraction of sp³-hybridized carbons (Fsp3) is 0.0909. The average Bonchev–Trinajstić information content (AvgIpc) is 2.22. The second-order valence-corrected chi connectivity index (χ2v) is 3.51. The molecule has 0 aliphatic heterocycles. The highest BCUT2D eigenvalue weighted by Gasteiger charge is 2.07. The first-order valence-electron chi connectivity index (χ1n) is 4.41. The minimum atomic E-state index is -0.290. The Balaban J connectivity index is 2.59. The molecule has 0 saturated carbocycles. The van der Waals surface area contributed by atoms with Crippen LogP contribution in [-0.2, 0) is 0 Å². The molecule has 0 radical (unpaired) electrons. The lowest BCUT2D eigenvalue weighted by Gasteiger charge is -2.05. The SMILES string of the molecule is Cc1c(Cl)ncnc1-c1cccc(F)c1. The smallest absolute Gasteiger partial charge is 0.135 e. The molecule has 0 bridgehead atoms. The van der Waals surface area contributed by atoms with Gasteiger partial charge in [-0.3, -0.25) is 0 Å². The maximum absolute atomic E-state index is 13.0. The van der Waals surface area contributed by atoms with E-state index >= 15 is 0 Å². The second kappa shape index (κ2) is 3.95. The molecule has 0 spiro atoms. The van der Waals surface area contributed by atoms with Gasteiger partial charge in [0.15, 0.2) is 0 Å². The van der Waals surface area contributed by atoms with Gasteiger partial charge in [-0.1, -0.05) is 23.7 Å². The Morgan fingerprint density at radius 1 is 1.27 bits per heavy atom. The van der Waals surface area contributed by atoms with E-state index in [2.05, 4.69) is 9.97 Å². The fourth-order valence-electron chi connectivity index (χ4n) is 1.36. The first-order chi connectivity index (χ1) is 7.18. The van der Waals surface area contributed by atoms with Crippen LogP contribution in [0.25, 0.3) is 11.3 Å². The van der Waals surface area contributed by atoms with Crippen LogP contribution in [0.5, 0.6) is 0 Å². The highest BCUT2D eigenvalue weighted by Crippen LogP contribution is 2.24. The molecule has 2 nitrogen and oxygen atoms in total. The van der Waals surface area contributed by atoms with Crippen LogP contribution in [-0.4, -0.2) is 9.97 Å². The first kappa shape index (κ1) is 10.1. The predicted molar refractivity (Wildman–Crippen MR) is 57.2 cm³/mol. The number of halogens is 2. The molecule has 1 aromatic heterocycles. The summed E-state index contributed by atoms with van der Waals surface area (Å²) in [5.74, 6) is -0.290. The minimum absolute atomic E-state index is 0.290.